The lowest BCUT2D eigenvalue weighted by molar-refractivity contribution is 0.122. The van der Waals surface area contributed by atoms with E-state index in [9.17, 15) is 0 Å². The first-order valence-corrected chi connectivity index (χ1v) is 11.3. The van der Waals surface area contributed by atoms with Crippen molar-refractivity contribution < 1.29 is 13.7 Å². The maximum atomic E-state index is 5.53. The molecule has 0 N–H and O–H groups in total. The van der Waals surface area contributed by atoms with Crippen LogP contribution in [0.25, 0.3) is 17.2 Å². The van der Waals surface area contributed by atoms with E-state index in [4.69, 9.17) is 13.7 Å². The number of nitrogens with zero attached hydrogens (tertiary/aromatic N) is 5. The van der Waals surface area contributed by atoms with Crippen molar-refractivity contribution >= 4 is 17.7 Å². The fraction of sp³-hybridized carbons (Fsp3) is 0.318. The number of aromatic nitrogens is 4. The minimum Gasteiger partial charge on any atom is -0.461 e. The first-order chi connectivity index (χ1) is 15.3. The van der Waals surface area contributed by atoms with Gasteiger partial charge in [0.05, 0.1) is 30.9 Å². The number of morpholine rings is 1. The summed E-state index contributed by atoms with van der Waals surface area (Å²) >= 11 is 1.59. The molecule has 0 aliphatic carbocycles. The molecule has 5 rings (SSSR count). The van der Waals surface area contributed by atoms with Crippen molar-refractivity contribution in [1.82, 2.24) is 19.9 Å². The molecule has 0 unspecified atom stereocenters. The van der Waals surface area contributed by atoms with E-state index in [2.05, 4.69) is 56.0 Å². The minimum atomic E-state index is 0.611. The van der Waals surface area contributed by atoms with E-state index in [1.807, 2.05) is 18.2 Å². The number of hydrogen-bond acceptors (Lipinski definition) is 8. The van der Waals surface area contributed by atoms with Gasteiger partial charge in [-0.3, -0.25) is 4.57 Å². The van der Waals surface area contributed by atoms with Gasteiger partial charge in [0.2, 0.25) is 11.7 Å². The second-order valence-corrected chi connectivity index (χ2v) is 8.09. The van der Waals surface area contributed by atoms with Gasteiger partial charge in [-0.1, -0.05) is 42.0 Å². The van der Waals surface area contributed by atoms with Crippen LogP contribution < -0.4 is 4.90 Å². The SMILES string of the molecule is CCc1ccccc1-n1c(SCc2cc(-c3ccco3)on2)nnc1N1CCOCC1. The number of hydrogen-bond donors (Lipinski definition) is 0. The van der Waals surface area contributed by atoms with E-state index in [1.54, 1.807) is 18.0 Å². The smallest absolute Gasteiger partial charge is 0.232 e. The number of benzene rings is 1. The number of thioether (sulfide) groups is 1. The van der Waals surface area contributed by atoms with Crippen molar-refractivity contribution in [3.05, 3.63) is 60.0 Å². The van der Waals surface area contributed by atoms with Gasteiger partial charge in [-0.05, 0) is 30.2 Å². The molecule has 4 heterocycles. The quantitative estimate of drug-likeness (QED) is 0.398. The van der Waals surface area contributed by atoms with Crippen LogP contribution in [0.1, 0.15) is 18.2 Å². The molecule has 0 saturated carbocycles. The molecule has 1 saturated heterocycles. The second kappa shape index (κ2) is 8.99. The van der Waals surface area contributed by atoms with E-state index < -0.39 is 0 Å². The molecule has 0 atom stereocenters. The van der Waals surface area contributed by atoms with Crippen molar-refractivity contribution in [2.24, 2.45) is 0 Å². The summed E-state index contributed by atoms with van der Waals surface area (Å²) in [5, 5.41) is 14.1. The molecule has 160 valence electrons. The fourth-order valence-corrected chi connectivity index (χ4v) is 4.44. The number of furan rings is 1. The molecule has 0 bridgehead atoms. The Morgan fingerprint density at radius 1 is 1.03 bits per heavy atom. The summed E-state index contributed by atoms with van der Waals surface area (Å²) in [5.41, 5.74) is 3.18. The van der Waals surface area contributed by atoms with Gasteiger partial charge in [-0.25, -0.2) is 0 Å². The summed E-state index contributed by atoms with van der Waals surface area (Å²) in [6.45, 7) is 5.15. The lowest BCUT2D eigenvalue weighted by Gasteiger charge is -2.28. The van der Waals surface area contributed by atoms with Crippen LogP contribution >= 0.6 is 11.8 Å². The van der Waals surface area contributed by atoms with Gasteiger partial charge < -0.3 is 18.6 Å². The van der Waals surface area contributed by atoms with Crippen molar-refractivity contribution in [2.45, 2.75) is 24.3 Å². The third-order valence-electron chi connectivity index (χ3n) is 5.20. The number of anilines is 1. The molecule has 4 aromatic rings. The summed E-state index contributed by atoms with van der Waals surface area (Å²) in [7, 11) is 0. The molecule has 1 aromatic carbocycles. The maximum Gasteiger partial charge on any atom is 0.232 e. The standard InChI is InChI=1S/C22H23N5O3S/c1-2-16-6-3-4-7-18(16)27-21(26-9-12-28-13-10-26)23-24-22(27)31-15-17-14-20(30-25-17)19-8-5-11-29-19/h3-8,11,14H,2,9-10,12-13,15H2,1H3. The Morgan fingerprint density at radius 3 is 2.71 bits per heavy atom. The van der Waals surface area contributed by atoms with Crippen LogP contribution in [0.4, 0.5) is 5.95 Å². The fourth-order valence-electron chi connectivity index (χ4n) is 3.62. The van der Waals surface area contributed by atoms with E-state index in [-0.39, 0.29) is 0 Å². The molecule has 31 heavy (non-hydrogen) atoms. The van der Waals surface area contributed by atoms with Crippen LogP contribution in [0.5, 0.6) is 0 Å². The molecule has 0 amide bonds. The molecule has 1 aliphatic heterocycles. The van der Waals surface area contributed by atoms with Crippen LogP contribution in [0.3, 0.4) is 0 Å². The van der Waals surface area contributed by atoms with Gasteiger partial charge >= 0.3 is 0 Å². The van der Waals surface area contributed by atoms with E-state index in [1.165, 1.54) is 5.56 Å². The van der Waals surface area contributed by atoms with Crippen LogP contribution in [-0.4, -0.2) is 46.2 Å². The molecular formula is C22H23N5O3S. The van der Waals surface area contributed by atoms with Crippen LogP contribution in [0.2, 0.25) is 0 Å². The number of aryl methyl sites for hydroxylation is 1. The molecule has 0 spiro atoms. The van der Waals surface area contributed by atoms with Crippen LogP contribution in [0, 0.1) is 0 Å². The van der Waals surface area contributed by atoms with Gasteiger partial charge in [0.15, 0.2) is 10.9 Å². The van der Waals surface area contributed by atoms with E-state index >= 15 is 0 Å². The van der Waals surface area contributed by atoms with Crippen molar-refractivity contribution in [1.29, 1.82) is 0 Å². The zero-order valence-corrected chi connectivity index (χ0v) is 18.0. The molecule has 0 radical (unpaired) electrons. The zero-order valence-electron chi connectivity index (χ0n) is 17.2. The molecule has 3 aromatic heterocycles. The third-order valence-corrected chi connectivity index (χ3v) is 6.16. The largest absolute Gasteiger partial charge is 0.461 e. The summed E-state index contributed by atoms with van der Waals surface area (Å²) in [4.78, 5) is 2.23. The van der Waals surface area contributed by atoms with E-state index in [0.717, 1.165) is 42.0 Å². The average Bonchev–Trinajstić information content (AvgIpc) is 3.58. The van der Waals surface area contributed by atoms with Crippen LogP contribution in [0.15, 0.2) is 62.8 Å². The van der Waals surface area contributed by atoms with Crippen molar-refractivity contribution in [3.63, 3.8) is 0 Å². The Hall–Kier alpha value is -3.04. The lowest BCUT2D eigenvalue weighted by atomic mass is 10.1. The highest BCUT2D eigenvalue weighted by Crippen LogP contribution is 2.31. The van der Waals surface area contributed by atoms with Gasteiger partial charge in [0.25, 0.3) is 0 Å². The summed E-state index contributed by atoms with van der Waals surface area (Å²) in [5.74, 6) is 2.74. The molecule has 8 nitrogen and oxygen atoms in total. The number of para-hydroxylation sites is 1. The van der Waals surface area contributed by atoms with Gasteiger partial charge in [0, 0.05) is 24.9 Å². The van der Waals surface area contributed by atoms with Crippen LogP contribution in [-0.2, 0) is 16.9 Å². The van der Waals surface area contributed by atoms with Crippen molar-refractivity contribution in [3.8, 4) is 17.2 Å². The molecular weight excluding hydrogens is 414 g/mol. The third kappa shape index (κ3) is 4.11. The normalized spacial score (nSPS) is 14.3. The highest BCUT2D eigenvalue weighted by Gasteiger charge is 2.23. The molecule has 1 fully saturated rings. The Labute approximate surface area is 184 Å². The Kier molecular flexibility index (Phi) is 5.77. The van der Waals surface area contributed by atoms with Crippen molar-refractivity contribution in [2.75, 3.05) is 31.2 Å². The Bertz CT molecular complexity index is 1130. The maximum absolute atomic E-state index is 5.53. The first kappa shape index (κ1) is 19.9. The van der Waals surface area contributed by atoms with E-state index in [0.29, 0.717) is 30.5 Å². The van der Waals surface area contributed by atoms with Gasteiger partial charge in [-0.2, -0.15) is 0 Å². The minimum absolute atomic E-state index is 0.611. The average molecular weight is 438 g/mol. The van der Waals surface area contributed by atoms with Gasteiger partial charge in [0.1, 0.15) is 0 Å². The molecule has 9 heteroatoms. The zero-order chi connectivity index (χ0) is 21.0. The topological polar surface area (TPSA) is 82.3 Å². The second-order valence-electron chi connectivity index (χ2n) is 7.15. The predicted molar refractivity (Wildman–Crippen MR) is 118 cm³/mol. The predicted octanol–water partition coefficient (Wildman–Crippen LogP) is 4.21. The van der Waals surface area contributed by atoms with Gasteiger partial charge in [-0.15, -0.1) is 10.2 Å². The summed E-state index contributed by atoms with van der Waals surface area (Å²) in [6.07, 6.45) is 2.55. The lowest BCUT2D eigenvalue weighted by Crippen LogP contribution is -2.38. The number of rotatable bonds is 7. The monoisotopic (exact) mass is 437 g/mol. The Morgan fingerprint density at radius 2 is 1.90 bits per heavy atom. The highest BCUT2D eigenvalue weighted by molar-refractivity contribution is 7.98. The first-order valence-electron chi connectivity index (χ1n) is 10.3. The number of ether oxygens (including phenoxy) is 1. The highest BCUT2D eigenvalue weighted by atomic mass is 32.2. The molecule has 1 aliphatic rings. The Balaban J connectivity index is 1.45. The summed E-state index contributed by atoms with van der Waals surface area (Å²) < 4.78 is 18.5. The summed E-state index contributed by atoms with van der Waals surface area (Å²) in [6, 6.07) is 14.0.